The molecule has 1 saturated heterocycles. The van der Waals surface area contributed by atoms with Crippen LogP contribution in [0.5, 0.6) is 0 Å². The standard InChI is InChI=1S/C21H37N5/c1-4-22-21(24-18-19(2)20-10-6-5-7-11-20)23-12-8-9-13-26-16-14-25(3)15-17-26/h5-7,10-11,19H,4,8-9,12-18H2,1-3H3,(H2,22,23,24). The van der Waals surface area contributed by atoms with E-state index in [1.54, 1.807) is 0 Å². The van der Waals surface area contributed by atoms with Crippen molar-refractivity contribution in [1.82, 2.24) is 20.4 Å². The Morgan fingerprint density at radius 1 is 1.08 bits per heavy atom. The molecule has 0 radical (unpaired) electrons. The first-order valence-corrected chi connectivity index (χ1v) is 10.2. The first-order chi connectivity index (χ1) is 12.7. The third-order valence-corrected chi connectivity index (χ3v) is 5.03. The van der Waals surface area contributed by atoms with E-state index in [1.165, 1.54) is 51.1 Å². The van der Waals surface area contributed by atoms with Gasteiger partial charge in [0, 0.05) is 51.7 Å². The molecule has 0 spiro atoms. The number of aliphatic imine (C=N–C) groups is 1. The number of nitrogens with one attached hydrogen (secondary N) is 2. The van der Waals surface area contributed by atoms with E-state index in [4.69, 9.17) is 4.99 Å². The first-order valence-electron chi connectivity index (χ1n) is 10.2. The van der Waals surface area contributed by atoms with E-state index in [-0.39, 0.29) is 0 Å². The van der Waals surface area contributed by atoms with E-state index in [9.17, 15) is 0 Å². The summed E-state index contributed by atoms with van der Waals surface area (Å²) in [6, 6.07) is 10.6. The Morgan fingerprint density at radius 2 is 1.81 bits per heavy atom. The Balaban J connectivity index is 1.65. The molecule has 2 rings (SSSR count). The molecule has 0 aromatic heterocycles. The molecule has 0 bridgehead atoms. The van der Waals surface area contributed by atoms with Crippen LogP contribution in [0.15, 0.2) is 35.3 Å². The molecule has 1 heterocycles. The van der Waals surface area contributed by atoms with Crippen LogP contribution in [-0.2, 0) is 0 Å². The Morgan fingerprint density at radius 3 is 2.50 bits per heavy atom. The molecular formula is C21H37N5. The third kappa shape index (κ3) is 7.75. The monoisotopic (exact) mass is 359 g/mol. The predicted molar refractivity (Wildman–Crippen MR) is 112 cm³/mol. The predicted octanol–water partition coefficient (Wildman–Crippen LogP) is 2.37. The molecule has 0 amide bonds. The number of hydrogen-bond donors (Lipinski definition) is 2. The van der Waals surface area contributed by atoms with Crippen molar-refractivity contribution in [2.24, 2.45) is 4.99 Å². The fraction of sp³-hybridized carbons (Fsp3) is 0.667. The van der Waals surface area contributed by atoms with Crippen LogP contribution in [0.3, 0.4) is 0 Å². The van der Waals surface area contributed by atoms with Crippen LogP contribution in [0.25, 0.3) is 0 Å². The highest BCUT2D eigenvalue weighted by Crippen LogP contribution is 2.14. The summed E-state index contributed by atoms with van der Waals surface area (Å²) in [6.07, 6.45) is 2.43. The summed E-state index contributed by atoms with van der Waals surface area (Å²) in [4.78, 5) is 9.76. The van der Waals surface area contributed by atoms with Crippen molar-refractivity contribution in [2.45, 2.75) is 32.6 Å². The number of guanidine groups is 1. The van der Waals surface area contributed by atoms with Gasteiger partial charge in [-0.15, -0.1) is 0 Å². The van der Waals surface area contributed by atoms with Crippen LogP contribution in [0.1, 0.15) is 38.2 Å². The van der Waals surface area contributed by atoms with Crippen molar-refractivity contribution in [3.8, 4) is 0 Å². The van der Waals surface area contributed by atoms with Gasteiger partial charge in [0.1, 0.15) is 0 Å². The highest BCUT2D eigenvalue weighted by Gasteiger charge is 2.12. The Bertz CT molecular complexity index is 508. The topological polar surface area (TPSA) is 42.9 Å². The van der Waals surface area contributed by atoms with Crippen molar-refractivity contribution in [3.63, 3.8) is 0 Å². The molecule has 1 atom stereocenters. The Labute approximate surface area is 159 Å². The number of likely N-dealkylation sites (N-methyl/N-ethyl adjacent to an activating group) is 1. The molecule has 5 nitrogen and oxygen atoms in total. The van der Waals surface area contributed by atoms with Crippen molar-refractivity contribution < 1.29 is 0 Å². The van der Waals surface area contributed by atoms with Gasteiger partial charge in [0.2, 0.25) is 0 Å². The van der Waals surface area contributed by atoms with Crippen molar-refractivity contribution in [1.29, 1.82) is 0 Å². The molecular weight excluding hydrogens is 322 g/mol. The number of nitrogens with zero attached hydrogens (tertiary/aromatic N) is 3. The highest BCUT2D eigenvalue weighted by atomic mass is 15.2. The second-order valence-corrected chi connectivity index (χ2v) is 7.31. The normalized spacial score (nSPS) is 17.9. The lowest BCUT2D eigenvalue weighted by atomic mass is 10.0. The first kappa shape index (κ1) is 20.7. The second-order valence-electron chi connectivity index (χ2n) is 7.31. The number of rotatable bonds is 9. The molecule has 1 aliphatic heterocycles. The minimum atomic E-state index is 0.434. The minimum absolute atomic E-state index is 0.434. The molecule has 1 aromatic carbocycles. The van der Waals surface area contributed by atoms with Gasteiger partial charge in [0.15, 0.2) is 5.96 Å². The lowest BCUT2D eigenvalue weighted by molar-refractivity contribution is 0.152. The average Bonchev–Trinajstić information content (AvgIpc) is 2.67. The van der Waals surface area contributed by atoms with E-state index in [0.717, 1.165) is 25.6 Å². The van der Waals surface area contributed by atoms with Crippen LogP contribution >= 0.6 is 0 Å². The lowest BCUT2D eigenvalue weighted by Crippen LogP contribution is -2.44. The molecule has 1 fully saturated rings. The van der Waals surface area contributed by atoms with Gasteiger partial charge in [-0.25, -0.2) is 0 Å². The van der Waals surface area contributed by atoms with E-state index in [2.05, 4.69) is 71.7 Å². The van der Waals surface area contributed by atoms with Gasteiger partial charge < -0.3 is 20.4 Å². The maximum atomic E-state index is 4.76. The van der Waals surface area contributed by atoms with Crippen LogP contribution in [-0.4, -0.2) is 75.2 Å². The number of piperazine rings is 1. The summed E-state index contributed by atoms with van der Waals surface area (Å²) in [5, 5.41) is 6.84. The maximum Gasteiger partial charge on any atom is 0.191 e. The van der Waals surface area contributed by atoms with E-state index in [0.29, 0.717) is 5.92 Å². The minimum Gasteiger partial charge on any atom is -0.357 e. The zero-order valence-electron chi connectivity index (χ0n) is 16.9. The van der Waals surface area contributed by atoms with Crippen LogP contribution < -0.4 is 10.6 Å². The smallest absolute Gasteiger partial charge is 0.191 e. The lowest BCUT2D eigenvalue weighted by Gasteiger charge is -2.32. The summed E-state index contributed by atoms with van der Waals surface area (Å²) in [5.41, 5.74) is 1.35. The summed E-state index contributed by atoms with van der Waals surface area (Å²) in [7, 11) is 2.21. The second kappa shape index (κ2) is 11.9. The molecule has 1 aromatic rings. The fourth-order valence-corrected chi connectivity index (χ4v) is 3.20. The van der Waals surface area contributed by atoms with Crippen LogP contribution in [0.2, 0.25) is 0 Å². The van der Waals surface area contributed by atoms with E-state index < -0.39 is 0 Å². The summed E-state index contributed by atoms with van der Waals surface area (Å²) in [6.45, 7) is 13.1. The van der Waals surface area contributed by atoms with Crippen molar-refractivity contribution in [2.75, 3.05) is 59.4 Å². The van der Waals surface area contributed by atoms with Gasteiger partial charge in [0.05, 0.1) is 0 Å². The van der Waals surface area contributed by atoms with E-state index in [1.807, 2.05) is 0 Å². The third-order valence-electron chi connectivity index (χ3n) is 5.03. The van der Waals surface area contributed by atoms with Gasteiger partial charge in [0.25, 0.3) is 0 Å². The quantitative estimate of drug-likeness (QED) is 0.404. The van der Waals surface area contributed by atoms with Crippen molar-refractivity contribution >= 4 is 5.96 Å². The van der Waals surface area contributed by atoms with Crippen molar-refractivity contribution in [3.05, 3.63) is 35.9 Å². The maximum absolute atomic E-state index is 4.76. The molecule has 0 saturated carbocycles. The Kier molecular flexibility index (Phi) is 9.50. The molecule has 1 unspecified atom stereocenters. The zero-order valence-corrected chi connectivity index (χ0v) is 16.9. The summed E-state index contributed by atoms with van der Waals surface area (Å²) < 4.78 is 0. The number of benzene rings is 1. The Hall–Kier alpha value is -1.59. The highest BCUT2D eigenvalue weighted by molar-refractivity contribution is 5.79. The SMILES string of the molecule is CCNC(=NCC(C)c1ccccc1)NCCCCN1CCN(C)CC1. The van der Waals surface area contributed by atoms with Crippen LogP contribution in [0.4, 0.5) is 0 Å². The largest absolute Gasteiger partial charge is 0.357 e. The van der Waals surface area contributed by atoms with Gasteiger partial charge in [-0.3, -0.25) is 4.99 Å². The van der Waals surface area contributed by atoms with Gasteiger partial charge in [-0.2, -0.15) is 0 Å². The van der Waals surface area contributed by atoms with Gasteiger partial charge in [-0.1, -0.05) is 37.3 Å². The summed E-state index contributed by atoms with van der Waals surface area (Å²) >= 11 is 0. The van der Waals surface area contributed by atoms with Crippen LogP contribution in [0, 0.1) is 0 Å². The number of hydrogen-bond acceptors (Lipinski definition) is 3. The molecule has 146 valence electrons. The molecule has 5 heteroatoms. The molecule has 1 aliphatic rings. The number of unbranched alkanes of at least 4 members (excludes halogenated alkanes) is 1. The molecule has 0 aliphatic carbocycles. The van der Waals surface area contributed by atoms with E-state index >= 15 is 0 Å². The molecule has 2 N–H and O–H groups in total. The van der Waals surface area contributed by atoms with Gasteiger partial charge in [-0.05, 0) is 38.9 Å². The molecule has 26 heavy (non-hydrogen) atoms. The van der Waals surface area contributed by atoms with Gasteiger partial charge >= 0.3 is 0 Å². The average molecular weight is 360 g/mol. The fourth-order valence-electron chi connectivity index (χ4n) is 3.20. The summed E-state index contributed by atoms with van der Waals surface area (Å²) in [5.74, 6) is 1.37. The zero-order chi connectivity index (χ0) is 18.6.